The van der Waals surface area contributed by atoms with Crippen molar-refractivity contribution >= 4 is 5.91 Å². The predicted octanol–water partition coefficient (Wildman–Crippen LogP) is 18.4. The van der Waals surface area contributed by atoms with Crippen LogP contribution in [0.3, 0.4) is 0 Å². The highest BCUT2D eigenvalue weighted by molar-refractivity contribution is 5.76. The summed E-state index contributed by atoms with van der Waals surface area (Å²) < 4.78 is 34.5. The molecule has 3 aliphatic rings. The van der Waals surface area contributed by atoms with Gasteiger partial charge in [0.05, 0.1) is 38.6 Å². The van der Waals surface area contributed by atoms with E-state index in [0.717, 1.165) is 83.5 Å². The van der Waals surface area contributed by atoms with Gasteiger partial charge in [0.1, 0.15) is 73.2 Å². The minimum Gasteiger partial charge on any atom is -0.394 e. The summed E-state index contributed by atoms with van der Waals surface area (Å²) in [7, 11) is 0. The molecule has 0 spiro atoms. The molecule has 3 aliphatic heterocycles. The van der Waals surface area contributed by atoms with E-state index in [1.165, 1.54) is 244 Å². The molecule has 0 bridgehead atoms. The van der Waals surface area contributed by atoms with Gasteiger partial charge in [-0.25, -0.2) is 0 Å². The van der Waals surface area contributed by atoms with Gasteiger partial charge in [-0.2, -0.15) is 0 Å². The van der Waals surface area contributed by atoms with E-state index in [4.69, 9.17) is 28.4 Å². The largest absolute Gasteiger partial charge is 0.394 e. The number of carbonyl (C=O) groups is 1. The first-order chi connectivity index (χ1) is 56.3. The quantitative estimate of drug-likeness (QED) is 0.0199. The second kappa shape index (κ2) is 74.3. The number of hydrogen-bond donors (Lipinski definition) is 12. The predicted molar refractivity (Wildman–Crippen MR) is 466 cm³/mol. The summed E-state index contributed by atoms with van der Waals surface area (Å²) in [4.78, 5) is 13.5. The molecule has 3 heterocycles. The van der Waals surface area contributed by atoms with Crippen LogP contribution in [-0.4, -0.2) is 193 Å². The average Bonchev–Trinajstić information content (AvgIpc) is 0.779. The number of aliphatic hydroxyl groups excluding tert-OH is 11. The molecule has 0 aromatic rings. The standard InChI is InChI=1S/C96H169NO18/c1-3-5-7-9-11-13-15-17-19-21-23-25-27-29-31-33-35-37-38-39-40-42-44-46-48-50-52-54-56-58-60-62-64-66-68-70-72-74-84(102)97-79(80(101)73-71-69-67-65-63-61-59-57-55-53-51-49-47-45-43-41-36-34-32-30-28-26-24-22-20-18-16-14-12-10-8-6-4-2)78-110-94-90(108)87(105)92(82(76-99)112-94)115-96-91(109)88(106)93(83(77-100)113-96)114-95-89(107)86(104)85(103)81(75-98)111-95/h5,7,11,13,17,19,23,25,29,31,35,37,55,57,63,65,71,73,79-83,85-96,98-101,103-109H,3-4,6,8-10,12,14-16,18,20-22,24,26-28,30,32-34,36,38-54,56,58-62,64,66-70,72,74-78H2,1-2H3,(H,97,102)/b7-5-,13-11-,19-17-,25-23-,31-29-,37-35-,57-55+,65-63+,73-71+. The van der Waals surface area contributed by atoms with Gasteiger partial charge in [-0.15, -0.1) is 0 Å². The Kier molecular flexibility index (Phi) is 68.2. The molecule has 17 unspecified atom stereocenters. The molecule has 0 radical (unpaired) electrons. The number of unbranched alkanes of at least 4 members (excludes halogenated alkanes) is 43. The highest BCUT2D eigenvalue weighted by Gasteiger charge is 2.54. The van der Waals surface area contributed by atoms with Gasteiger partial charge in [-0.1, -0.05) is 367 Å². The van der Waals surface area contributed by atoms with Crippen LogP contribution in [0.15, 0.2) is 109 Å². The SMILES string of the molecule is CC/C=C\C/C=C\C/C=C\C/C=C\C/C=C\C/C=C\CCCCCCCCCCCCCCCCCCCCC(=O)NC(COC1OC(CO)C(OC2OC(CO)C(OC3OC(CO)C(O)C(O)C3O)C(O)C2O)C(O)C1O)C(O)/C=C/CC/C=C/CC/C=C/CCCCCCCCCCCCCCCCCCCCCCCCC. The summed E-state index contributed by atoms with van der Waals surface area (Å²) in [5, 5.41) is 121. The lowest BCUT2D eigenvalue weighted by Crippen LogP contribution is -2.66. The lowest BCUT2D eigenvalue weighted by Gasteiger charge is -2.48. The van der Waals surface area contributed by atoms with Crippen LogP contribution in [0.25, 0.3) is 0 Å². The zero-order chi connectivity index (χ0) is 83.1. The minimum atomic E-state index is -1.99. The molecule has 12 N–H and O–H groups in total. The summed E-state index contributed by atoms with van der Waals surface area (Å²) in [6.07, 6.45) is 78.2. The molecule has 19 nitrogen and oxygen atoms in total. The van der Waals surface area contributed by atoms with Crippen LogP contribution in [0.1, 0.15) is 361 Å². The molecule has 1 amide bonds. The molecule has 17 atom stereocenters. The Labute approximate surface area is 697 Å². The Morgan fingerprint density at radius 1 is 0.322 bits per heavy atom. The van der Waals surface area contributed by atoms with E-state index in [2.05, 4.69) is 116 Å². The van der Waals surface area contributed by atoms with Crippen molar-refractivity contribution in [1.29, 1.82) is 0 Å². The van der Waals surface area contributed by atoms with E-state index >= 15 is 0 Å². The van der Waals surface area contributed by atoms with Crippen molar-refractivity contribution < 1.29 is 89.4 Å². The molecular formula is C96H169NO18. The van der Waals surface area contributed by atoms with Crippen LogP contribution in [0, 0.1) is 0 Å². The summed E-state index contributed by atoms with van der Waals surface area (Å²) in [5.41, 5.74) is 0. The fourth-order valence-electron chi connectivity index (χ4n) is 15.2. The summed E-state index contributed by atoms with van der Waals surface area (Å²) >= 11 is 0. The molecule has 0 aromatic carbocycles. The fraction of sp³-hybridized carbons (Fsp3) is 0.802. The van der Waals surface area contributed by atoms with Crippen molar-refractivity contribution in [3.05, 3.63) is 109 Å². The molecule has 19 heteroatoms. The van der Waals surface area contributed by atoms with Crippen molar-refractivity contribution in [3.63, 3.8) is 0 Å². The number of hydrogen-bond acceptors (Lipinski definition) is 18. The van der Waals surface area contributed by atoms with Crippen LogP contribution in [0.4, 0.5) is 0 Å². The number of nitrogens with one attached hydrogen (secondary N) is 1. The molecule has 3 fully saturated rings. The van der Waals surface area contributed by atoms with Gasteiger partial charge >= 0.3 is 0 Å². The van der Waals surface area contributed by atoms with Gasteiger partial charge in [0.2, 0.25) is 5.91 Å². The molecule has 0 aromatic heterocycles. The van der Waals surface area contributed by atoms with Gasteiger partial charge in [0.25, 0.3) is 0 Å². The first-order valence-electron chi connectivity index (χ1n) is 46.6. The van der Waals surface area contributed by atoms with Gasteiger partial charge in [-0.3, -0.25) is 4.79 Å². The molecule has 666 valence electrons. The van der Waals surface area contributed by atoms with Crippen molar-refractivity contribution in [3.8, 4) is 0 Å². The summed E-state index contributed by atoms with van der Waals surface area (Å²) in [6.45, 7) is 1.64. The molecule has 3 saturated heterocycles. The maximum atomic E-state index is 13.5. The average molecular weight is 1630 g/mol. The number of rotatable bonds is 75. The van der Waals surface area contributed by atoms with Gasteiger partial charge in [0, 0.05) is 6.42 Å². The Balaban J connectivity index is 1.33. The fourth-order valence-corrected chi connectivity index (χ4v) is 15.2. The normalized spacial score (nSPS) is 25.1. The van der Waals surface area contributed by atoms with Crippen molar-refractivity contribution in [2.75, 3.05) is 26.4 Å². The van der Waals surface area contributed by atoms with Crippen LogP contribution in [0.5, 0.6) is 0 Å². The maximum absolute atomic E-state index is 13.5. The molecule has 3 rings (SSSR count). The smallest absolute Gasteiger partial charge is 0.220 e. The number of aliphatic hydroxyl groups is 11. The topological polar surface area (TPSA) is 307 Å². The Morgan fingerprint density at radius 3 is 0.974 bits per heavy atom. The van der Waals surface area contributed by atoms with E-state index < -0.39 is 124 Å². The molecule has 115 heavy (non-hydrogen) atoms. The van der Waals surface area contributed by atoms with Crippen LogP contribution >= 0.6 is 0 Å². The zero-order valence-electron chi connectivity index (χ0n) is 72.0. The van der Waals surface area contributed by atoms with Gasteiger partial charge < -0.3 is 89.9 Å². The number of allylic oxidation sites excluding steroid dienone is 17. The lowest BCUT2D eigenvalue weighted by molar-refractivity contribution is -0.379. The van der Waals surface area contributed by atoms with E-state index in [-0.39, 0.29) is 18.9 Å². The van der Waals surface area contributed by atoms with Crippen LogP contribution in [0.2, 0.25) is 0 Å². The first-order valence-corrected chi connectivity index (χ1v) is 46.6. The Morgan fingerprint density at radius 2 is 0.609 bits per heavy atom. The third-order valence-corrected chi connectivity index (χ3v) is 22.5. The number of ether oxygens (including phenoxy) is 6. The van der Waals surface area contributed by atoms with Gasteiger partial charge in [-0.05, 0) is 96.3 Å². The van der Waals surface area contributed by atoms with Gasteiger partial charge in [0.15, 0.2) is 18.9 Å². The maximum Gasteiger partial charge on any atom is 0.220 e. The van der Waals surface area contributed by atoms with Crippen molar-refractivity contribution in [2.45, 2.75) is 465 Å². The lowest BCUT2D eigenvalue weighted by atomic mass is 9.96. The monoisotopic (exact) mass is 1620 g/mol. The highest BCUT2D eigenvalue weighted by atomic mass is 16.8. The number of amides is 1. The second-order valence-electron chi connectivity index (χ2n) is 32.7. The zero-order valence-corrected chi connectivity index (χ0v) is 72.0. The molecule has 0 saturated carbocycles. The minimum absolute atomic E-state index is 0.229. The van der Waals surface area contributed by atoms with E-state index in [1.807, 2.05) is 6.08 Å². The van der Waals surface area contributed by atoms with E-state index in [1.54, 1.807) is 6.08 Å². The third-order valence-electron chi connectivity index (χ3n) is 22.5. The highest BCUT2D eigenvalue weighted by Crippen LogP contribution is 2.34. The Bertz CT molecular complexity index is 2500. The Hall–Kier alpha value is -3.55. The van der Waals surface area contributed by atoms with E-state index in [0.29, 0.717) is 12.8 Å². The van der Waals surface area contributed by atoms with Crippen LogP contribution < -0.4 is 5.32 Å². The molecular weight excluding hydrogens is 1460 g/mol. The van der Waals surface area contributed by atoms with Crippen LogP contribution in [-0.2, 0) is 33.2 Å². The second-order valence-corrected chi connectivity index (χ2v) is 32.7. The van der Waals surface area contributed by atoms with Crippen molar-refractivity contribution in [2.24, 2.45) is 0 Å². The first kappa shape index (κ1) is 106. The third kappa shape index (κ3) is 52.4. The molecule has 0 aliphatic carbocycles. The van der Waals surface area contributed by atoms with E-state index in [9.17, 15) is 61.0 Å². The number of carbonyl (C=O) groups excluding carboxylic acids is 1. The summed E-state index contributed by atoms with van der Waals surface area (Å²) in [6, 6.07) is -1.00. The van der Waals surface area contributed by atoms with Crippen molar-refractivity contribution in [1.82, 2.24) is 5.32 Å². The summed E-state index contributed by atoms with van der Waals surface area (Å²) in [5.74, 6) is -0.287.